The number of rotatable bonds is 8. The molecule has 0 bridgehead atoms. The summed E-state index contributed by atoms with van der Waals surface area (Å²) in [5, 5.41) is 4.31. The maximum Gasteiger partial charge on any atom is 0.162 e. The Balaban J connectivity index is 1.38. The second kappa shape index (κ2) is 14.4. The summed E-state index contributed by atoms with van der Waals surface area (Å²) in [7, 11) is 0. The Hall–Kier alpha value is -7.36. The number of aryl methyl sites for hydroxylation is 2. The van der Waals surface area contributed by atoms with Crippen LogP contribution < -0.4 is 9.80 Å². The Bertz CT molecular complexity index is 3060. The third-order valence-corrected chi connectivity index (χ3v) is 10.9. The van der Waals surface area contributed by atoms with Crippen LogP contribution in [0.15, 0.2) is 211 Å². The van der Waals surface area contributed by atoms with Gasteiger partial charge in [-0.1, -0.05) is 164 Å². The summed E-state index contributed by atoms with van der Waals surface area (Å²) in [6.07, 6.45) is 0. The van der Waals surface area contributed by atoms with Crippen molar-refractivity contribution in [2.24, 2.45) is 0 Å². The summed E-state index contributed by atoms with van der Waals surface area (Å²) in [6.45, 7) is 4.32. The molecule has 0 atom stereocenters. The maximum absolute atomic E-state index is 7.22. The largest absolute Gasteiger partial charge is 0.454 e. The van der Waals surface area contributed by atoms with Crippen molar-refractivity contribution in [2.75, 3.05) is 9.80 Å². The average Bonchev–Trinajstić information content (AvgIpc) is 3.65. The fourth-order valence-corrected chi connectivity index (χ4v) is 8.43. The Labute approximate surface area is 333 Å². The van der Waals surface area contributed by atoms with Crippen LogP contribution in [0, 0.1) is 13.8 Å². The molecule has 0 fully saturated rings. The molecule has 0 saturated carbocycles. The Morgan fingerprint density at radius 1 is 0.368 bits per heavy atom. The first-order valence-electron chi connectivity index (χ1n) is 19.5. The zero-order chi connectivity index (χ0) is 38.3. The quantitative estimate of drug-likeness (QED) is 0.145. The number of anilines is 6. The van der Waals surface area contributed by atoms with Crippen LogP contribution in [0.3, 0.4) is 0 Å². The highest BCUT2D eigenvalue weighted by Crippen LogP contribution is 2.55. The third kappa shape index (κ3) is 6.01. The topological polar surface area (TPSA) is 19.6 Å². The van der Waals surface area contributed by atoms with Gasteiger partial charge in [-0.25, -0.2) is 0 Å². The van der Waals surface area contributed by atoms with Crippen LogP contribution in [0.5, 0.6) is 0 Å². The highest BCUT2D eigenvalue weighted by molar-refractivity contribution is 6.28. The number of benzene rings is 9. The van der Waals surface area contributed by atoms with Gasteiger partial charge in [0.15, 0.2) is 5.58 Å². The number of hydrogen-bond donors (Lipinski definition) is 0. The lowest BCUT2D eigenvalue weighted by Gasteiger charge is -2.33. The number of furan rings is 1. The standard InChI is InChI=1S/C54H40N2O/c1-37-19-17-25-41(35-37)55(48-32-14-11-27-43(48)39-21-5-3-6-22-39)52-45-29-9-10-30-46(45)53(54-51(52)47-31-13-16-34-50(47)57-54)56(42-26-18-20-38(2)36-42)49-33-15-12-28-44(49)40-23-7-4-8-24-40/h3-36H,1-2H3. The van der Waals surface area contributed by atoms with E-state index in [1.54, 1.807) is 0 Å². The van der Waals surface area contributed by atoms with Gasteiger partial charge in [0.2, 0.25) is 0 Å². The van der Waals surface area contributed by atoms with E-state index in [1.807, 2.05) is 0 Å². The molecule has 0 aliphatic heterocycles. The normalized spacial score (nSPS) is 11.3. The summed E-state index contributed by atoms with van der Waals surface area (Å²) in [5.74, 6) is 0. The van der Waals surface area contributed by atoms with E-state index in [1.165, 1.54) is 11.1 Å². The fraction of sp³-hybridized carbons (Fsp3) is 0.0370. The second-order valence-corrected chi connectivity index (χ2v) is 14.7. The van der Waals surface area contributed by atoms with Crippen LogP contribution in [0.2, 0.25) is 0 Å². The molecule has 0 spiro atoms. The molecule has 0 radical (unpaired) electrons. The molecule has 1 aromatic heterocycles. The SMILES string of the molecule is Cc1cccc(N(c2ccccc2-c2ccccc2)c2c3ccccc3c(N(c3cccc(C)c3)c3ccccc3-c3ccccc3)c3c2oc2ccccc23)c1. The molecule has 0 amide bonds. The van der Waals surface area contributed by atoms with Gasteiger partial charge in [-0.15, -0.1) is 0 Å². The van der Waals surface area contributed by atoms with E-state index in [2.05, 4.69) is 230 Å². The van der Waals surface area contributed by atoms with Crippen molar-refractivity contribution in [2.45, 2.75) is 13.8 Å². The first-order chi connectivity index (χ1) is 28.1. The lowest BCUT2D eigenvalue weighted by molar-refractivity contribution is 0.669. The van der Waals surface area contributed by atoms with E-state index < -0.39 is 0 Å². The van der Waals surface area contributed by atoms with Gasteiger partial charge in [-0.05, 0) is 78.6 Å². The molecule has 3 nitrogen and oxygen atoms in total. The van der Waals surface area contributed by atoms with Crippen LogP contribution in [-0.2, 0) is 0 Å². The van der Waals surface area contributed by atoms with E-state index >= 15 is 0 Å². The van der Waals surface area contributed by atoms with Gasteiger partial charge < -0.3 is 14.2 Å². The van der Waals surface area contributed by atoms with E-state index in [0.717, 1.165) is 89.1 Å². The van der Waals surface area contributed by atoms with Gasteiger partial charge in [0.05, 0.1) is 28.1 Å². The van der Waals surface area contributed by atoms with Gasteiger partial charge in [0, 0.05) is 38.7 Å². The molecule has 0 N–H and O–H groups in total. The van der Waals surface area contributed by atoms with E-state index in [0.29, 0.717) is 0 Å². The molecule has 10 rings (SSSR count). The highest BCUT2D eigenvalue weighted by atomic mass is 16.3. The fourth-order valence-electron chi connectivity index (χ4n) is 8.43. The van der Waals surface area contributed by atoms with Crippen molar-refractivity contribution < 1.29 is 4.42 Å². The van der Waals surface area contributed by atoms with Gasteiger partial charge >= 0.3 is 0 Å². The average molecular weight is 733 g/mol. The monoisotopic (exact) mass is 732 g/mol. The second-order valence-electron chi connectivity index (χ2n) is 14.7. The molecular weight excluding hydrogens is 693 g/mol. The van der Waals surface area contributed by atoms with Crippen molar-refractivity contribution in [3.63, 3.8) is 0 Å². The van der Waals surface area contributed by atoms with Crippen molar-refractivity contribution in [3.8, 4) is 22.3 Å². The number of hydrogen-bond acceptors (Lipinski definition) is 3. The van der Waals surface area contributed by atoms with Crippen molar-refractivity contribution in [3.05, 3.63) is 217 Å². The van der Waals surface area contributed by atoms with E-state index in [9.17, 15) is 0 Å². The zero-order valence-corrected chi connectivity index (χ0v) is 31.9. The predicted molar refractivity (Wildman–Crippen MR) is 241 cm³/mol. The summed E-state index contributed by atoms with van der Waals surface area (Å²) >= 11 is 0. The third-order valence-electron chi connectivity index (χ3n) is 10.9. The molecule has 9 aromatic carbocycles. The Morgan fingerprint density at radius 2 is 0.807 bits per heavy atom. The summed E-state index contributed by atoms with van der Waals surface area (Å²) in [6, 6.07) is 73.8. The van der Waals surface area contributed by atoms with E-state index in [-0.39, 0.29) is 0 Å². The lowest BCUT2D eigenvalue weighted by atomic mass is 9.95. The molecule has 57 heavy (non-hydrogen) atoms. The summed E-state index contributed by atoms with van der Waals surface area (Å²) in [5.41, 5.74) is 15.0. The first kappa shape index (κ1) is 34.2. The molecule has 3 heteroatoms. The van der Waals surface area contributed by atoms with Crippen LogP contribution >= 0.6 is 0 Å². The molecule has 1 heterocycles. The van der Waals surface area contributed by atoms with Gasteiger partial charge in [0.1, 0.15) is 5.58 Å². The Kier molecular flexibility index (Phi) is 8.61. The highest BCUT2D eigenvalue weighted by Gasteiger charge is 2.30. The van der Waals surface area contributed by atoms with Crippen LogP contribution in [-0.4, -0.2) is 0 Å². The molecule has 272 valence electrons. The minimum atomic E-state index is 0.823. The summed E-state index contributed by atoms with van der Waals surface area (Å²) < 4.78 is 7.22. The van der Waals surface area contributed by atoms with Crippen LogP contribution in [0.4, 0.5) is 34.1 Å². The van der Waals surface area contributed by atoms with E-state index in [4.69, 9.17) is 4.42 Å². The zero-order valence-electron chi connectivity index (χ0n) is 31.9. The van der Waals surface area contributed by atoms with Gasteiger partial charge in [-0.3, -0.25) is 0 Å². The smallest absolute Gasteiger partial charge is 0.162 e. The molecule has 0 saturated heterocycles. The van der Waals surface area contributed by atoms with Crippen LogP contribution in [0.1, 0.15) is 11.1 Å². The number of fused-ring (bicyclic) bond motifs is 4. The van der Waals surface area contributed by atoms with Crippen molar-refractivity contribution >= 4 is 66.8 Å². The van der Waals surface area contributed by atoms with Gasteiger partial charge in [0.25, 0.3) is 0 Å². The van der Waals surface area contributed by atoms with Crippen LogP contribution in [0.25, 0.3) is 55.0 Å². The molecule has 0 aliphatic rings. The minimum Gasteiger partial charge on any atom is -0.454 e. The van der Waals surface area contributed by atoms with Crippen molar-refractivity contribution in [1.29, 1.82) is 0 Å². The maximum atomic E-state index is 7.22. The number of para-hydroxylation sites is 3. The minimum absolute atomic E-state index is 0.823. The predicted octanol–water partition coefficient (Wildman–Crippen LogP) is 15.6. The molecule has 0 aliphatic carbocycles. The summed E-state index contributed by atoms with van der Waals surface area (Å²) in [4.78, 5) is 4.88. The van der Waals surface area contributed by atoms with Crippen molar-refractivity contribution in [1.82, 2.24) is 0 Å². The Morgan fingerprint density at radius 3 is 1.35 bits per heavy atom. The molecule has 0 unspecified atom stereocenters. The lowest BCUT2D eigenvalue weighted by Crippen LogP contribution is -2.15. The molecule has 10 aromatic rings. The first-order valence-corrected chi connectivity index (χ1v) is 19.5. The molecular formula is C54H40N2O. The number of nitrogens with zero attached hydrogens (tertiary/aromatic N) is 2. The van der Waals surface area contributed by atoms with Gasteiger partial charge in [-0.2, -0.15) is 0 Å².